The van der Waals surface area contributed by atoms with Crippen molar-refractivity contribution in [2.75, 3.05) is 24.1 Å². The molecular formula is C12H19N7O. The molecule has 20 heavy (non-hydrogen) atoms. The number of fused-ring (bicyclic) bond motifs is 1. The molecule has 0 saturated heterocycles. The molecule has 0 saturated carbocycles. The van der Waals surface area contributed by atoms with Gasteiger partial charge in [-0.15, -0.1) is 0 Å². The van der Waals surface area contributed by atoms with Crippen molar-refractivity contribution in [1.82, 2.24) is 25.1 Å². The standard InChI is InChI=1S/C12H19N7O/c1-4-19(5-2)11(20)7(3)15-9-8-6-14-18-10(8)17-12(13)16-9/h6-7H,4-5H2,1-3H3,(H4,13,14,15,16,17,18). The molecule has 0 fully saturated rings. The van der Waals surface area contributed by atoms with Crippen LogP contribution in [0.2, 0.25) is 0 Å². The number of aromatic amines is 1. The molecule has 2 heterocycles. The largest absolute Gasteiger partial charge is 0.368 e. The normalized spacial score (nSPS) is 12.3. The number of amides is 1. The summed E-state index contributed by atoms with van der Waals surface area (Å²) in [5.41, 5.74) is 6.19. The lowest BCUT2D eigenvalue weighted by molar-refractivity contribution is -0.131. The molecule has 0 aliphatic carbocycles. The number of likely N-dealkylation sites (N-methyl/N-ethyl adjacent to an activating group) is 1. The molecule has 108 valence electrons. The van der Waals surface area contributed by atoms with E-state index in [0.29, 0.717) is 29.9 Å². The van der Waals surface area contributed by atoms with Gasteiger partial charge in [0.25, 0.3) is 0 Å². The van der Waals surface area contributed by atoms with Crippen LogP contribution >= 0.6 is 0 Å². The lowest BCUT2D eigenvalue weighted by atomic mass is 10.2. The van der Waals surface area contributed by atoms with Crippen molar-refractivity contribution in [2.45, 2.75) is 26.8 Å². The van der Waals surface area contributed by atoms with Gasteiger partial charge in [0.1, 0.15) is 11.9 Å². The van der Waals surface area contributed by atoms with Crippen LogP contribution in [0.5, 0.6) is 0 Å². The van der Waals surface area contributed by atoms with E-state index in [9.17, 15) is 4.79 Å². The third-order valence-electron chi connectivity index (χ3n) is 3.13. The van der Waals surface area contributed by atoms with Crippen molar-refractivity contribution in [3.05, 3.63) is 6.20 Å². The van der Waals surface area contributed by atoms with Gasteiger partial charge in [-0.05, 0) is 20.8 Å². The minimum atomic E-state index is -0.401. The maximum atomic E-state index is 12.2. The first-order valence-electron chi connectivity index (χ1n) is 6.58. The van der Waals surface area contributed by atoms with Crippen molar-refractivity contribution in [3.63, 3.8) is 0 Å². The molecule has 8 nitrogen and oxygen atoms in total. The van der Waals surface area contributed by atoms with Crippen LogP contribution in [-0.2, 0) is 4.79 Å². The molecule has 0 bridgehead atoms. The number of nitrogens with zero attached hydrogens (tertiary/aromatic N) is 4. The molecule has 1 atom stereocenters. The van der Waals surface area contributed by atoms with E-state index in [2.05, 4.69) is 25.5 Å². The van der Waals surface area contributed by atoms with Crippen molar-refractivity contribution < 1.29 is 4.79 Å². The highest BCUT2D eigenvalue weighted by molar-refractivity contribution is 5.90. The Balaban J connectivity index is 2.23. The maximum Gasteiger partial charge on any atom is 0.244 e. The first kappa shape index (κ1) is 14.0. The second kappa shape index (κ2) is 5.72. The highest BCUT2D eigenvalue weighted by Crippen LogP contribution is 2.19. The van der Waals surface area contributed by atoms with Crippen LogP contribution in [0, 0.1) is 0 Å². The minimum Gasteiger partial charge on any atom is -0.368 e. The van der Waals surface area contributed by atoms with Gasteiger partial charge in [0, 0.05) is 13.1 Å². The number of nitrogen functional groups attached to an aromatic ring is 1. The van der Waals surface area contributed by atoms with Gasteiger partial charge in [-0.3, -0.25) is 9.89 Å². The Hall–Kier alpha value is -2.38. The lowest BCUT2D eigenvalue weighted by Gasteiger charge is -2.23. The van der Waals surface area contributed by atoms with E-state index in [4.69, 9.17) is 5.73 Å². The monoisotopic (exact) mass is 277 g/mol. The Labute approximate surface area is 116 Å². The number of carbonyl (C=O) groups is 1. The van der Waals surface area contributed by atoms with Gasteiger partial charge in [0.2, 0.25) is 11.9 Å². The Bertz CT molecular complexity index is 605. The topological polar surface area (TPSA) is 113 Å². The van der Waals surface area contributed by atoms with Crippen LogP contribution < -0.4 is 11.1 Å². The molecule has 4 N–H and O–H groups in total. The van der Waals surface area contributed by atoms with E-state index >= 15 is 0 Å². The summed E-state index contributed by atoms with van der Waals surface area (Å²) in [6.45, 7) is 7.05. The van der Waals surface area contributed by atoms with E-state index in [1.165, 1.54) is 0 Å². The van der Waals surface area contributed by atoms with E-state index in [0.717, 1.165) is 0 Å². The quantitative estimate of drug-likeness (QED) is 0.737. The lowest BCUT2D eigenvalue weighted by Crippen LogP contribution is -2.41. The third-order valence-corrected chi connectivity index (χ3v) is 3.13. The van der Waals surface area contributed by atoms with Crippen molar-refractivity contribution >= 4 is 28.7 Å². The average molecular weight is 277 g/mol. The Morgan fingerprint density at radius 3 is 2.80 bits per heavy atom. The second-order valence-corrected chi connectivity index (χ2v) is 4.44. The van der Waals surface area contributed by atoms with Gasteiger partial charge in [-0.1, -0.05) is 0 Å². The summed E-state index contributed by atoms with van der Waals surface area (Å²) in [7, 11) is 0. The fourth-order valence-electron chi connectivity index (χ4n) is 2.04. The number of H-pyrrole nitrogens is 1. The zero-order valence-corrected chi connectivity index (χ0v) is 11.8. The molecule has 8 heteroatoms. The summed E-state index contributed by atoms with van der Waals surface area (Å²) in [4.78, 5) is 22.2. The number of carbonyl (C=O) groups excluding carboxylic acids is 1. The number of nitrogens with one attached hydrogen (secondary N) is 2. The molecule has 0 aliphatic heterocycles. The molecule has 0 radical (unpaired) electrons. The summed E-state index contributed by atoms with van der Waals surface area (Å²) in [5, 5.41) is 10.4. The van der Waals surface area contributed by atoms with Gasteiger partial charge in [-0.25, -0.2) is 0 Å². The number of nitrogens with two attached hydrogens (primary N) is 1. The Kier molecular flexibility index (Phi) is 4.02. The molecule has 2 rings (SSSR count). The molecular weight excluding hydrogens is 258 g/mol. The molecule has 0 aromatic carbocycles. The third kappa shape index (κ3) is 2.63. The van der Waals surface area contributed by atoms with Crippen LogP contribution in [-0.4, -0.2) is 50.1 Å². The smallest absolute Gasteiger partial charge is 0.244 e. The van der Waals surface area contributed by atoms with Crippen molar-refractivity contribution in [2.24, 2.45) is 0 Å². The number of rotatable bonds is 5. The van der Waals surface area contributed by atoms with E-state index in [1.807, 2.05) is 13.8 Å². The van der Waals surface area contributed by atoms with Crippen molar-refractivity contribution in [3.8, 4) is 0 Å². The highest BCUT2D eigenvalue weighted by Gasteiger charge is 2.20. The zero-order chi connectivity index (χ0) is 14.7. The van der Waals surface area contributed by atoms with E-state index in [-0.39, 0.29) is 11.9 Å². The summed E-state index contributed by atoms with van der Waals surface area (Å²) in [6, 6.07) is -0.401. The number of anilines is 2. The van der Waals surface area contributed by atoms with Gasteiger partial charge in [0.05, 0.1) is 11.6 Å². The fraction of sp³-hybridized carbons (Fsp3) is 0.500. The molecule has 0 aliphatic rings. The van der Waals surface area contributed by atoms with Crippen LogP contribution in [0.3, 0.4) is 0 Å². The summed E-state index contributed by atoms with van der Waals surface area (Å²) >= 11 is 0. The van der Waals surface area contributed by atoms with Crippen LogP contribution in [0.1, 0.15) is 20.8 Å². The van der Waals surface area contributed by atoms with Gasteiger partial charge in [-0.2, -0.15) is 15.1 Å². The summed E-state index contributed by atoms with van der Waals surface area (Å²) < 4.78 is 0. The average Bonchev–Trinajstić information content (AvgIpc) is 2.88. The molecule has 1 amide bonds. The molecule has 1 unspecified atom stereocenters. The zero-order valence-electron chi connectivity index (χ0n) is 11.8. The SMILES string of the molecule is CCN(CC)C(=O)C(C)Nc1nc(N)nc2[nH]ncc12. The van der Waals surface area contributed by atoms with Gasteiger partial charge >= 0.3 is 0 Å². The predicted molar refractivity (Wildman–Crippen MR) is 77.1 cm³/mol. The first-order valence-corrected chi connectivity index (χ1v) is 6.58. The van der Waals surface area contributed by atoms with Gasteiger partial charge in [0.15, 0.2) is 5.65 Å². The van der Waals surface area contributed by atoms with Gasteiger partial charge < -0.3 is 16.0 Å². The van der Waals surface area contributed by atoms with Crippen LogP contribution in [0.4, 0.5) is 11.8 Å². The summed E-state index contributed by atoms with van der Waals surface area (Å²) in [5.74, 6) is 0.657. The maximum absolute atomic E-state index is 12.2. The predicted octanol–water partition coefficient (Wildman–Crippen LogP) is 0.604. The van der Waals surface area contributed by atoms with Crippen LogP contribution in [0.25, 0.3) is 11.0 Å². The molecule has 2 aromatic rings. The van der Waals surface area contributed by atoms with Crippen molar-refractivity contribution in [1.29, 1.82) is 0 Å². The molecule has 2 aromatic heterocycles. The second-order valence-electron chi connectivity index (χ2n) is 4.44. The highest BCUT2D eigenvalue weighted by atomic mass is 16.2. The minimum absolute atomic E-state index is 0.0174. The van der Waals surface area contributed by atoms with E-state index in [1.54, 1.807) is 18.0 Å². The summed E-state index contributed by atoms with van der Waals surface area (Å²) in [6.07, 6.45) is 1.60. The molecule has 0 spiro atoms. The van der Waals surface area contributed by atoms with E-state index < -0.39 is 6.04 Å². The Morgan fingerprint density at radius 2 is 2.15 bits per heavy atom. The first-order chi connectivity index (χ1) is 9.56. The fourth-order valence-corrected chi connectivity index (χ4v) is 2.04. The Morgan fingerprint density at radius 1 is 1.45 bits per heavy atom. The number of aromatic nitrogens is 4. The number of hydrogen-bond donors (Lipinski definition) is 3. The van der Waals surface area contributed by atoms with Crippen LogP contribution in [0.15, 0.2) is 6.20 Å². The number of hydrogen-bond acceptors (Lipinski definition) is 6.